The molecule has 3 aromatic carbocycles. The van der Waals surface area contributed by atoms with Crippen molar-refractivity contribution in [1.29, 1.82) is 0 Å². The van der Waals surface area contributed by atoms with E-state index in [1.807, 2.05) is 0 Å². The number of nitrogens with zero attached hydrogens (tertiary/aromatic N) is 1. The maximum atomic E-state index is 13.8. The third kappa shape index (κ3) is 5.59. The number of methoxy groups -OCH3 is 1. The molecule has 9 heteroatoms. The maximum absolute atomic E-state index is 13.8. The Bertz CT molecular complexity index is 1170. The maximum Gasteiger partial charge on any atom is 0.271 e. The lowest BCUT2D eigenvalue weighted by molar-refractivity contribution is 0.0953. The number of ether oxygens (including phenoxy) is 1. The van der Waals surface area contributed by atoms with Crippen LogP contribution in [0.3, 0.4) is 0 Å². The van der Waals surface area contributed by atoms with Gasteiger partial charge in [0.1, 0.15) is 11.6 Å². The van der Waals surface area contributed by atoms with Gasteiger partial charge in [0.25, 0.3) is 11.8 Å². The molecule has 31 heavy (non-hydrogen) atoms. The van der Waals surface area contributed by atoms with Gasteiger partial charge >= 0.3 is 0 Å². The molecule has 0 unspecified atom stereocenters. The molecule has 0 atom stereocenters. The van der Waals surface area contributed by atoms with Gasteiger partial charge in [-0.1, -0.05) is 41.4 Å². The van der Waals surface area contributed by atoms with Gasteiger partial charge in [-0.05, 0) is 42.5 Å². The van der Waals surface area contributed by atoms with Gasteiger partial charge in [-0.2, -0.15) is 5.10 Å². The lowest BCUT2D eigenvalue weighted by atomic mass is 10.1. The van der Waals surface area contributed by atoms with E-state index in [1.54, 1.807) is 30.3 Å². The molecule has 0 aromatic heterocycles. The Morgan fingerprint density at radius 3 is 2.55 bits per heavy atom. The highest BCUT2D eigenvalue weighted by Gasteiger charge is 2.13. The Hall–Kier alpha value is -3.42. The number of benzene rings is 3. The smallest absolute Gasteiger partial charge is 0.271 e. The summed E-state index contributed by atoms with van der Waals surface area (Å²) in [4.78, 5) is 24.7. The van der Waals surface area contributed by atoms with E-state index in [2.05, 4.69) is 15.8 Å². The molecule has 0 aliphatic rings. The Labute approximate surface area is 187 Å². The SMILES string of the molecule is COc1c(Cl)cc(Cl)cc1C=NNC(=O)c1cccc(NC(=O)c2ccccc2F)c1. The summed E-state index contributed by atoms with van der Waals surface area (Å²) < 4.78 is 19.0. The van der Waals surface area contributed by atoms with Gasteiger partial charge in [-0.3, -0.25) is 9.59 Å². The molecule has 0 saturated heterocycles. The number of anilines is 1. The van der Waals surface area contributed by atoms with Gasteiger partial charge in [0.05, 0.1) is 23.9 Å². The van der Waals surface area contributed by atoms with Crippen LogP contribution in [-0.2, 0) is 0 Å². The second-order valence-corrected chi connectivity index (χ2v) is 7.07. The average Bonchev–Trinajstić information content (AvgIpc) is 2.74. The highest BCUT2D eigenvalue weighted by atomic mass is 35.5. The zero-order chi connectivity index (χ0) is 22.4. The van der Waals surface area contributed by atoms with Crippen LogP contribution in [0.4, 0.5) is 10.1 Å². The first-order valence-electron chi connectivity index (χ1n) is 8.91. The Kier molecular flexibility index (Phi) is 7.23. The van der Waals surface area contributed by atoms with E-state index in [9.17, 15) is 14.0 Å². The molecular formula is C22H16Cl2FN3O3. The molecule has 0 heterocycles. The minimum atomic E-state index is -0.639. The first-order valence-corrected chi connectivity index (χ1v) is 9.67. The van der Waals surface area contributed by atoms with Gasteiger partial charge in [-0.25, -0.2) is 9.82 Å². The van der Waals surface area contributed by atoms with Crippen LogP contribution in [0.25, 0.3) is 0 Å². The highest BCUT2D eigenvalue weighted by Crippen LogP contribution is 2.31. The summed E-state index contributed by atoms with van der Waals surface area (Å²) in [7, 11) is 1.45. The van der Waals surface area contributed by atoms with Crippen LogP contribution in [0.5, 0.6) is 5.75 Å². The van der Waals surface area contributed by atoms with Crippen molar-refractivity contribution in [1.82, 2.24) is 5.43 Å². The highest BCUT2D eigenvalue weighted by molar-refractivity contribution is 6.36. The van der Waals surface area contributed by atoms with Crippen molar-refractivity contribution in [3.63, 3.8) is 0 Å². The summed E-state index contributed by atoms with van der Waals surface area (Å²) in [6, 6.07) is 14.9. The first-order chi connectivity index (χ1) is 14.9. The molecule has 0 radical (unpaired) electrons. The topological polar surface area (TPSA) is 79.8 Å². The van der Waals surface area contributed by atoms with E-state index in [4.69, 9.17) is 27.9 Å². The standard InChI is InChI=1S/C22H16Cl2FN3O3/c1-31-20-14(9-15(23)11-18(20)24)12-26-28-21(29)13-5-4-6-16(10-13)27-22(30)17-7-2-3-8-19(17)25/h2-12H,1H3,(H,27,30)(H,28,29). The second-order valence-electron chi connectivity index (χ2n) is 6.22. The molecule has 6 nitrogen and oxygen atoms in total. The first kappa shape index (κ1) is 22.3. The number of halogens is 3. The predicted octanol–water partition coefficient (Wildman–Crippen LogP) is 5.16. The quantitative estimate of drug-likeness (QED) is 0.394. The zero-order valence-electron chi connectivity index (χ0n) is 16.2. The van der Waals surface area contributed by atoms with Crippen LogP contribution in [0.15, 0.2) is 65.8 Å². The van der Waals surface area contributed by atoms with Crippen LogP contribution in [0.1, 0.15) is 26.3 Å². The molecule has 3 rings (SSSR count). The summed E-state index contributed by atoms with van der Waals surface area (Å²) in [5.41, 5.74) is 3.31. The normalized spacial score (nSPS) is 10.7. The summed E-state index contributed by atoms with van der Waals surface area (Å²) in [5.74, 6) is -1.43. The van der Waals surface area contributed by atoms with Crippen LogP contribution in [0, 0.1) is 5.82 Å². The molecule has 2 amide bonds. The number of amides is 2. The fraction of sp³-hybridized carbons (Fsp3) is 0.0455. The lowest BCUT2D eigenvalue weighted by Gasteiger charge is -2.08. The van der Waals surface area contributed by atoms with Crippen LogP contribution in [0.2, 0.25) is 10.0 Å². The molecule has 0 spiro atoms. The third-order valence-electron chi connectivity index (χ3n) is 4.11. The van der Waals surface area contributed by atoms with Crippen molar-refractivity contribution < 1.29 is 18.7 Å². The molecule has 0 fully saturated rings. The van der Waals surface area contributed by atoms with Crippen molar-refractivity contribution in [2.24, 2.45) is 5.10 Å². The number of hydrogen-bond donors (Lipinski definition) is 2. The summed E-state index contributed by atoms with van der Waals surface area (Å²) >= 11 is 12.1. The fourth-order valence-corrected chi connectivity index (χ4v) is 3.28. The number of nitrogens with one attached hydrogen (secondary N) is 2. The minimum absolute atomic E-state index is 0.101. The fourth-order valence-electron chi connectivity index (χ4n) is 2.70. The van der Waals surface area contributed by atoms with Gasteiger partial charge in [-0.15, -0.1) is 0 Å². The molecule has 0 bridgehead atoms. The second kappa shape index (κ2) is 10.1. The zero-order valence-corrected chi connectivity index (χ0v) is 17.7. The van der Waals surface area contributed by atoms with E-state index in [0.717, 1.165) is 0 Å². The van der Waals surface area contributed by atoms with Crippen LogP contribution < -0.4 is 15.5 Å². The van der Waals surface area contributed by atoms with Gasteiger partial charge in [0.15, 0.2) is 0 Å². The predicted molar refractivity (Wildman–Crippen MR) is 119 cm³/mol. The summed E-state index contributed by atoms with van der Waals surface area (Å²) in [5, 5.41) is 7.15. The van der Waals surface area contributed by atoms with Crippen LogP contribution in [-0.4, -0.2) is 25.1 Å². The summed E-state index contributed by atoms with van der Waals surface area (Å²) in [6.45, 7) is 0. The lowest BCUT2D eigenvalue weighted by Crippen LogP contribution is -2.18. The summed E-state index contributed by atoms with van der Waals surface area (Å²) in [6.07, 6.45) is 1.35. The Balaban J connectivity index is 1.70. The van der Waals surface area contributed by atoms with Crippen molar-refractivity contribution in [2.45, 2.75) is 0 Å². The van der Waals surface area contributed by atoms with E-state index in [-0.39, 0.29) is 11.1 Å². The number of carbonyl (C=O) groups is 2. The molecule has 3 aromatic rings. The largest absolute Gasteiger partial charge is 0.495 e. The van der Waals surface area contributed by atoms with Crippen molar-refractivity contribution in [2.75, 3.05) is 12.4 Å². The molecule has 0 aliphatic carbocycles. The monoisotopic (exact) mass is 459 g/mol. The minimum Gasteiger partial charge on any atom is -0.495 e. The Morgan fingerprint density at radius 2 is 1.81 bits per heavy atom. The van der Waals surface area contributed by atoms with Crippen LogP contribution >= 0.6 is 23.2 Å². The average molecular weight is 460 g/mol. The number of hydrogen-bond acceptors (Lipinski definition) is 4. The molecule has 2 N–H and O–H groups in total. The van der Waals surface area contributed by atoms with Crippen molar-refractivity contribution in [3.05, 3.63) is 93.2 Å². The van der Waals surface area contributed by atoms with E-state index < -0.39 is 17.6 Å². The molecule has 158 valence electrons. The molecule has 0 aliphatic heterocycles. The van der Waals surface area contributed by atoms with Gasteiger partial charge in [0, 0.05) is 21.8 Å². The van der Waals surface area contributed by atoms with E-state index in [1.165, 1.54) is 43.7 Å². The number of rotatable bonds is 6. The van der Waals surface area contributed by atoms with Crippen molar-refractivity contribution in [3.8, 4) is 5.75 Å². The van der Waals surface area contributed by atoms with Crippen molar-refractivity contribution >= 4 is 46.9 Å². The van der Waals surface area contributed by atoms with Gasteiger partial charge < -0.3 is 10.1 Å². The third-order valence-corrected chi connectivity index (χ3v) is 4.61. The van der Waals surface area contributed by atoms with E-state index in [0.29, 0.717) is 27.0 Å². The molecular weight excluding hydrogens is 444 g/mol. The number of carbonyl (C=O) groups excluding carboxylic acids is 2. The van der Waals surface area contributed by atoms with Gasteiger partial charge in [0.2, 0.25) is 0 Å². The number of hydrazone groups is 1. The molecule has 0 saturated carbocycles. The van der Waals surface area contributed by atoms with E-state index >= 15 is 0 Å². The Morgan fingerprint density at radius 1 is 1.03 bits per heavy atom.